The van der Waals surface area contributed by atoms with Gasteiger partial charge < -0.3 is 9.88 Å². The Labute approximate surface area is 237 Å². The van der Waals surface area contributed by atoms with Crippen LogP contribution in [0.25, 0.3) is 22.4 Å². The van der Waals surface area contributed by atoms with Crippen molar-refractivity contribution in [2.45, 2.75) is 78.8 Å². The molecule has 1 amide bonds. The molecule has 216 valence electrons. The highest BCUT2D eigenvalue weighted by Gasteiger charge is 2.41. The molecule has 2 unspecified atom stereocenters. The lowest BCUT2D eigenvalue weighted by atomic mass is 9.81. The zero-order valence-corrected chi connectivity index (χ0v) is 24.3. The molecular weight excluding hydrogens is 509 g/mol. The number of alkyl halides is 3. The van der Waals surface area contributed by atoms with Crippen LogP contribution in [0.15, 0.2) is 54.7 Å². The second-order valence-electron chi connectivity index (χ2n) is 11.6. The third-order valence-corrected chi connectivity index (χ3v) is 8.82. The van der Waals surface area contributed by atoms with E-state index in [4.69, 9.17) is 0 Å². The molecule has 0 aliphatic carbocycles. The Morgan fingerprint density at radius 3 is 2.25 bits per heavy atom. The number of rotatable bonds is 10. The number of likely N-dealkylation sites (tertiary alicyclic amines) is 1. The molecule has 6 heteroatoms. The number of nitrogens with one attached hydrogen (secondary N) is 1. The molecule has 2 heterocycles. The molecule has 3 aromatic rings. The van der Waals surface area contributed by atoms with Gasteiger partial charge in [0, 0.05) is 31.4 Å². The topological polar surface area (TPSA) is 36.1 Å². The number of piperidine rings is 1. The minimum atomic E-state index is -4.16. The van der Waals surface area contributed by atoms with E-state index in [-0.39, 0.29) is 43.7 Å². The molecule has 0 bridgehead atoms. The van der Waals surface area contributed by atoms with Crippen LogP contribution in [0.5, 0.6) is 0 Å². The van der Waals surface area contributed by atoms with E-state index in [1.54, 1.807) is 4.90 Å². The summed E-state index contributed by atoms with van der Waals surface area (Å²) in [4.78, 5) is 18.1. The van der Waals surface area contributed by atoms with Crippen molar-refractivity contribution in [2.75, 3.05) is 13.1 Å². The molecule has 1 aromatic heterocycles. The molecular formula is C34H43F3N2O. The largest absolute Gasteiger partial charge is 0.391 e. The summed E-state index contributed by atoms with van der Waals surface area (Å²) in [6.07, 6.45) is 2.03. The molecule has 1 N–H and O–H groups in total. The first-order chi connectivity index (χ1) is 19.1. The van der Waals surface area contributed by atoms with E-state index in [1.807, 2.05) is 6.20 Å². The van der Waals surface area contributed by atoms with Crippen LogP contribution in [0, 0.1) is 24.7 Å². The maximum absolute atomic E-state index is 13.1. The first-order valence-corrected chi connectivity index (χ1v) is 14.8. The summed E-state index contributed by atoms with van der Waals surface area (Å²) in [6.45, 7) is 9.06. The molecule has 1 fully saturated rings. The first-order valence-electron chi connectivity index (χ1n) is 14.8. The lowest BCUT2D eigenvalue weighted by Crippen LogP contribution is -2.43. The van der Waals surface area contributed by atoms with Gasteiger partial charge in [0.15, 0.2) is 0 Å². The van der Waals surface area contributed by atoms with Crippen LogP contribution in [0.1, 0.15) is 69.6 Å². The van der Waals surface area contributed by atoms with Gasteiger partial charge in [-0.25, -0.2) is 0 Å². The van der Waals surface area contributed by atoms with Gasteiger partial charge in [-0.2, -0.15) is 13.2 Å². The Morgan fingerprint density at radius 1 is 0.975 bits per heavy atom. The van der Waals surface area contributed by atoms with E-state index >= 15 is 0 Å². The summed E-state index contributed by atoms with van der Waals surface area (Å²) in [5.41, 5.74) is 8.54. The van der Waals surface area contributed by atoms with Gasteiger partial charge in [0.25, 0.3) is 0 Å². The smallest absolute Gasteiger partial charge is 0.361 e. The van der Waals surface area contributed by atoms with Crippen LogP contribution in [0.4, 0.5) is 13.2 Å². The average Bonchev–Trinajstić information content (AvgIpc) is 3.43. The average molecular weight is 553 g/mol. The maximum Gasteiger partial charge on any atom is 0.391 e. The van der Waals surface area contributed by atoms with Gasteiger partial charge in [-0.3, -0.25) is 4.79 Å². The van der Waals surface area contributed by atoms with Crippen LogP contribution in [-0.2, 0) is 17.6 Å². The third-order valence-electron chi connectivity index (χ3n) is 8.82. The standard InChI is InChI=1S/C34H43F3N2O/c1-5-7-28(22-32(40)39-18-15-31(16-19-39)34(35,36)37)24(4)20-30-21-29(9-8-23(30)3)26-10-12-27(13-11-26)33-25(6-2)14-17-38-33/h8-14,17,21,24,28,31,38H,5-7,15-16,18-20,22H2,1-4H3. The first kappa shape index (κ1) is 30.0. The second-order valence-corrected chi connectivity index (χ2v) is 11.6. The Bertz CT molecular complexity index is 1250. The molecule has 4 rings (SSSR count). The van der Waals surface area contributed by atoms with Crippen molar-refractivity contribution in [1.82, 2.24) is 9.88 Å². The number of halogens is 3. The number of aryl methyl sites for hydroxylation is 2. The van der Waals surface area contributed by atoms with Crippen molar-refractivity contribution in [3.05, 3.63) is 71.4 Å². The van der Waals surface area contributed by atoms with Crippen LogP contribution in [-0.4, -0.2) is 35.1 Å². The Balaban J connectivity index is 1.42. The van der Waals surface area contributed by atoms with Crippen molar-refractivity contribution < 1.29 is 18.0 Å². The van der Waals surface area contributed by atoms with Crippen molar-refractivity contribution in [1.29, 1.82) is 0 Å². The highest BCUT2D eigenvalue weighted by molar-refractivity contribution is 5.76. The fourth-order valence-corrected chi connectivity index (χ4v) is 6.15. The Hall–Kier alpha value is -3.02. The maximum atomic E-state index is 13.1. The zero-order valence-electron chi connectivity index (χ0n) is 24.3. The molecule has 1 aliphatic heterocycles. The van der Waals surface area contributed by atoms with E-state index in [9.17, 15) is 18.0 Å². The van der Waals surface area contributed by atoms with Gasteiger partial charge in [-0.15, -0.1) is 0 Å². The van der Waals surface area contributed by atoms with Crippen LogP contribution < -0.4 is 0 Å². The fraction of sp³-hybridized carbons (Fsp3) is 0.500. The summed E-state index contributed by atoms with van der Waals surface area (Å²) in [7, 11) is 0. The van der Waals surface area contributed by atoms with Crippen molar-refractivity contribution >= 4 is 5.91 Å². The van der Waals surface area contributed by atoms with Crippen LogP contribution >= 0.6 is 0 Å². The highest BCUT2D eigenvalue weighted by Crippen LogP contribution is 2.35. The van der Waals surface area contributed by atoms with E-state index < -0.39 is 12.1 Å². The molecule has 0 saturated carbocycles. The van der Waals surface area contributed by atoms with E-state index in [1.165, 1.54) is 39.1 Å². The number of benzene rings is 2. The number of hydrogen-bond acceptors (Lipinski definition) is 1. The molecule has 1 aliphatic rings. The van der Waals surface area contributed by atoms with Gasteiger partial charge in [0.1, 0.15) is 0 Å². The third kappa shape index (κ3) is 7.18. The molecule has 0 radical (unpaired) electrons. The summed E-state index contributed by atoms with van der Waals surface area (Å²) < 4.78 is 39.2. The van der Waals surface area contributed by atoms with E-state index in [0.29, 0.717) is 6.42 Å². The minimum Gasteiger partial charge on any atom is -0.361 e. The van der Waals surface area contributed by atoms with Crippen molar-refractivity contribution in [3.63, 3.8) is 0 Å². The monoisotopic (exact) mass is 552 g/mol. The van der Waals surface area contributed by atoms with Gasteiger partial charge in [0.2, 0.25) is 5.91 Å². The predicted molar refractivity (Wildman–Crippen MR) is 157 cm³/mol. The lowest BCUT2D eigenvalue weighted by Gasteiger charge is -2.34. The number of amides is 1. The van der Waals surface area contributed by atoms with E-state index in [0.717, 1.165) is 25.7 Å². The van der Waals surface area contributed by atoms with Gasteiger partial charge >= 0.3 is 6.18 Å². The number of nitrogens with zero attached hydrogens (tertiary/aromatic N) is 1. The quantitative estimate of drug-likeness (QED) is 0.268. The number of aromatic nitrogens is 1. The van der Waals surface area contributed by atoms with Crippen molar-refractivity contribution in [3.8, 4) is 22.4 Å². The van der Waals surface area contributed by atoms with Gasteiger partial charge in [-0.1, -0.05) is 69.7 Å². The minimum absolute atomic E-state index is 0.00443. The zero-order chi connectivity index (χ0) is 28.9. The molecule has 0 spiro atoms. The molecule has 1 saturated heterocycles. The molecule has 40 heavy (non-hydrogen) atoms. The SMILES string of the molecule is CCCC(CC(=O)N1CCC(C(F)(F)F)CC1)C(C)Cc1cc(-c2ccc(-c3[nH]ccc3CC)cc2)ccc1C. The number of aromatic amines is 1. The van der Waals surface area contributed by atoms with Crippen LogP contribution in [0.3, 0.4) is 0 Å². The fourth-order valence-electron chi connectivity index (χ4n) is 6.15. The van der Waals surface area contributed by atoms with Gasteiger partial charge in [0.05, 0.1) is 5.92 Å². The van der Waals surface area contributed by atoms with Crippen LogP contribution in [0.2, 0.25) is 0 Å². The molecule has 2 atom stereocenters. The summed E-state index contributed by atoms with van der Waals surface area (Å²) in [5.74, 6) is -0.789. The normalized spacial score (nSPS) is 16.2. The lowest BCUT2D eigenvalue weighted by molar-refractivity contribution is -0.186. The van der Waals surface area contributed by atoms with E-state index in [2.05, 4.69) is 81.2 Å². The number of H-pyrrole nitrogens is 1. The molecule has 3 nitrogen and oxygen atoms in total. The molecule has 2 aromatic carbocycles. The summed E-state index contributed by atoms with van der Waals surface area (Å²) in [5, 5.41) is 0. The summed E-state index contributed by atoms with van der Waals surface area (Å²) >= 11 is 0. The Morgan fingerprint density at radius 2 is 1.62 bits per heavy atom. The van der Waals surface area contributed by atoms with Gasteiger partial charge in [-0.05, 0) is 90.3 Å². The predicted octanol–water partition coefficient (Wildman–Crippen LogP) is 9.01. The number of carbonyl (C=O) groups excluding carboxylic acids is 1. The highest BCUT2D eigenvalue weighted by atomic mass is 19.4. The number of carbonyl (C=O) groups is 1. The summed E-state index contributed by atoms with van der Waals surface area (Å²) in [6, 6.07) is 17.4. The van der Waals surface area contributed by atoms with Crippen molar-refractivity contribution in [2.24, 2.45) is 17.8 Å². The second kappa shape index (κ2) is 13.1. The number of hydrogen-bond donors (Lipinski definition) is 1. The Kier molecular flexibility index (Phi) is 9.81.